The van der Waals surface area contributed by atoms with Crippen LogP contribution in [-0.4, -0.2) is 41.8 Å². The highest BCUT2D eigenvalue weighted by Crippen LogP contribution is 2.12. The summed E-state index contributed by atoms with van der Waals surface area (Å²) in [5, 5.41) is 17.5. The smallest absolute Gasteiger partial charge is 0.321 e. The number of urea groups is 2. The van der Waals surface area contributed by atoms with E-state index in [1.165, 1.54) is 0 Å². The van der Waals surface area contributed by atoms with Gasteiger partial charge in [-0.15, -0.1) is 0 Å². The fraction of sp³-hybridized carbons (Fsp3) is 0.500. The first-order valence-electron chi connectivity index (χ1n) is 3.92. The Kier molecular flexibility index (Phi) is 1.69. The van der Waals surface area contributed by atoms with Gasteiger partial charge in [-0.1, -0.05) is 0 Å². The highest BCUT2D eigenvalue weighted by atomic mass is 16.4. The molecule has 0 aromatic heterocycles. The lowest BCUT2D eigenvalue weighted by atomic mass is 10.4. The van der Waals surface area contributed by atoms with Crippen LogP contribution < -0.4 is 21.1 Å². The molecule has 4 amide bonds. The van der Waals surface area contributed by atoms with Crippen LogP contribution in [0, 0.1) is 0 Å². The van der Waals surface area contributed by atoms with Gasteiger partial charge in [-0.25, -0.2) is 9.59 Å². The predicted molar refractivity (Wildman–Crippen MR) is 39.5 cm³/mol. The minimum atomic E-state index is -1.37. The van der Waals surface area contributed by atoms with E-state index in [9.17, 15) is 19.5 Å². The van der Waals surface area contributed by atoms with Crippen molar-refractivity contribution in [2.75, 3.05) is 6.54 Å². The summed E-state index contributed by atoms with van der Waals surface area (Å²) in [5.41, 5.74) is 0. The van der Waals surface area contributed by atoms with Gasteiger partial charge in [-0.2, -0.15) is 0 Å². The Labute approximate surface area is 78.2 Å². The number of carbonyl (C=O) groups is 3. The lowest BCUT2D eigenvalue weighted by Crippen LogP contribution is -2.48. The fourth-order valence-electron chi connectivity index (χ4n) is 1.50. The van der Waals surface area contributed by atoms with Gasteiger partial charge in [-0.3, -0.25) is 4.90 Å². The standard InChI is InChI=1S/C6H8N4O4/c11-2(12)1-10-4-3(8-6(10)14)7-5(13)9-4/h3-4H,1H2,(H,8,14)(H,11,12)(H2,7,9,13)/p-1/t3-,4-/m0/s1. The molecule has 2 aliphatic heterocycles. The minimum Gasteiger partial charge on any atom is -0.548 e. The van der Waals surface area contributed by atoms with Gasteiger partial charge < -0.3 is 25.9 Å². The van der Waals surface area contributed by atoms with Crippen LogP contribution in [0.2, 0.25) is 0 Å². The van der Waals surface area contributed by atoms with Gasteiger partial charge in [-0.05, 0) is 0 Å². The number of hydrogen-bond donors (Lipinski definition) is 3. The van der Waals surface area contributed by atoms with Crippen LogP contribution in [-0.2, 0) is 4.79 Å². The zero-order valence-electron chi connectivity index (χ0n) is 6.94. The van der Waals surface area contributed by atoms with E-state index < -0.39 is 36.9 Å². The third-order valence-corrected chi connectivity index (χ3v) is 2.06. The predicted octanol–water partition coefficient (Wildman–Crippen LogP) is -3.27. The summed E-state index contributed by atoms with van der Waals surface area (Å²) in [4.78, 5) is 33.3. The third kappa shape index (κ3) is 1.20. The summed E-state index contributed by atoms with van der Waals surface area (Å²) in [6, 6.07) is -0.986. The Balaban J connectivity index is 2.12. The SMILES string of the molecule is O=C([O-])CN1C(=O)N[C@@H]2NC(=O)N[C@H]21. The van der Waals surface area contributed by atoms with Crippen molar-refractivity contribution in [3.05, 3.63) is 0 Å². The Morgan fingerprint density at radius 2 is 2.07 bits per heavy atom. The van der Waals surface area contributed by atoms with Gasteiger partial charge >= 0.3 is 12.1 Å². The zero-order valence-corrected chi connectivity index (χ0v) is 6.94. The minimum absolute atomic E-state index is 0.441. The second-order valence-corrected chi connectivity index (χ2v) is 2.99. The quantitative estimate of drug-likeness (QED) is 0.432. The summed E-state index contributed by atoms with van der Waals surface area (Å²) in [7, 11) is 0. The van der Waals surface area contributed by atoms with Crippen LogP contribution in [0.4, 0.5) is 9.59 Å². The molecule has 0 aliphatic carbocycles. The van der Waals surface area contributed by atoms with Crippen molar-refractivity contribution < 1.29 is 19.5 Å². The molecule has 8 nitrogen and oxygen atoms in total. The van der Waals surface area contributed by atoms with Crippen LogP contribution in [0.1, 0.15) is 0 Å². The van der Waals surface area contributed by atoms with E-state index in [-0.39, 0.29) is 0 Å². The van der Waals surface area contributed by atoms with E-state index in [0.717, 1.165) is 4.90 Å². The molecule has 0 aromatic rings. The van der Waals surface area contributed by atoms with Crippen LogP contribution in [0.25, 0.3) is 0 Å². The van der Waals surface area contributed by atoms with Crippen molar-refractivity contribution in [1.29, 1.82) is 0 Å². The Morgan fingerprint density at radius 3 is 2.71 bits per heavy atom. The number of amides is 4. The molecule has 0 bridgehead atoms. The largest absolute Gasteiger partial charge is 0.548 e. The molecule has 14 heavy (non-hydrogen) atoms. The van der Waals surface area contributed by atoms with Crippen LogP contribution in [0.5, 0.6) is 0 Å². The topological polar surface area (TPSA) is 114 Å². The van der Waals surface area contributed by atoms with Crippen molar-refractivity contribution in [2.24, 2.45) is 0 Å². The maximum Gasteiger partial charge on any atom is 0.321 e. The van der Waals surface area contributed by atoms with Gasteiger partial charge in [0.2, 0.25) is 0 Å². The van der Waals surface area contributed by atoms with Crippen LogP contribution >= 0.6 is 0 Å². The van der Waals surface area contributed by atoms with Crippen molar-refractivity contribution in [2.45, 2.75) is 12.3 Å². The number of nitrogens with zero attached hydrogens (tertiary/aromatic N) is 1. The van der Waals surface area contributed by atoms with E-state index in [1.54, 1.807) is 0 Å². The van der Waals surface area contributed by atoms with Crippen molar-refractivity contribution in [3.8, 4) is 0 Å². The molecule has 2 saturated heterocycles. The number of fused-ring (bicyclic) bond motifs is 1. The summed E-state index contributed by atoms with van der Waals surface area (Å²) < 4.78 is 0. The molecule has 0 spiro atoms. The molecule has 8 heteroatoms. The molecule has 2 atom stereocenters. The molecular weight excluding hydrogens is 192 g/mol. The molecule has 0 radical (unpaired) electrons. The number of aliphatic carboxylic acids is 1. The van der Waals surface area contributed by atoms with Crippen molar-refractivity contribution >= 4 is 18.0 Å². The lowest BCUT2D eigenvalue weighted by molar-refractivity contribution is -0.305. The number of carbonyl (C=O) groups excluding carboxylic acids is 3. The number of carboxylic acids is 1. The maximum atomic E-state index is 11.2. The van der Waals surface area contributed by atoms with Gasteiger partial charge in [0.15, 0.2) is 0 Å². The Morgan fingerprint density at radius 1 is 1.36 bits per heavy atom. The number of nitrogens with one attached hydrogen (secondary N) is 3. The fourth-order valence-corrected chi connectivity index (χ4v) is 1.50. The van der Waals surface area contributed by atoms with Crippen molar-refractivity contribution in [1.82, 2.24) is 20.9 Å². The molecule has 2 rings (SSSR count). The highest BCUT2D eigenvalue weighted by molar-refractivity contribution is 5.86. The number of hydrogen-bond acceptors (Lipinski definition) is 4. The second-order valence-electron chi connectivity index (χ2n) is 2.99. The molecule has 3 N–H and O–H groups in total. The van der Waals surface area contributed by atoms with E-state index in [2.05, 4.69) is 16.0 Å². The number of carboxylic acid groups (broad SMARTS) is 1. The molecule has 2 aliphatic rings. The lowest BCUT2D eigenvalue weighted by Gasteiger charge is -2.21. The molecule has 0 aromatic carbocycles. The van der Waals surface area contributed by atoms with Crippen LogP contribution in [0.15, 0.2) is 0 Å². The van der Waals surface area contributed by atoms with E-state index in [0.29, 0.717) is 0 Å². The summed E-state index contributed by atoms with van der Waals surface area (Å²) in [6.07, 6.45) is -1.23. The van der Waals surface area contributed by atoms with E-state index >= 15 is 0 Å². The monoisotopic (exact) mass is 199 g/mol. The maximum absolute atomic E-state index is 11.2. The molecule has 2 fully saturated rings. The first kappa shape index (κ1) is 8.60. The zero-order chi connectivity index (χ0) is 10.3. The average Bonchev–Trinajstić information content (AvgIpc) is 2.51. The molecule has 76 valence electrons. The highest BCUT2D eigenvalue weighted by Gasteiger charge is 2.45. The average molecular weight is 199 g/mol. The molecule has 0 saturated carbocycles. The third-order valence-electron chi connectivity index (χ3n) is 2.06. The molecular formula is C6H7N4O4-. The molecule has 2 heterocycles. The Hall–Kier alpha value is -1.99. The van der Waals surface area contributed by atoms with E-state index in [1.807, 2.05) is 0 Å². The van der Waals surface area contributed by atoms with E-state index in [4.69, 9.17) is 0 Å². The van der Waals surface area contributed by atoms with Gasteiger partial charge in [0.25, 0.3) is 0 Å². The van der Waals surface area contributed by atoms with Crippen molar-refractivity contribution in [3.63, 3.8) is 0 Å². The summed E-state index contributed by atoms with van der Waals surface area (Å²) in [6.45, 7) is -0.547. The van der Waals surface area contributed by atoms with Gasteiger partial charge in [0, 0.05) is 0 Å². The second kappa shape index (κ2) is 2.76. The summed E-state index contributed by atoms with van der Waals surface area (Å²) >= 11 is 0. The normalized spacial score (nSPS) is 29.3. The Bertz CT molecular complexity index is 317. The van der Waals surface area contributed by atoms with Gasteiger partial charge in [0.1, 0.15) is 12.3 Å². The van der Waals surface area contributed by atoms with Gasteiger partial charge in [0.05, 0.1) is 12.5 Å². The number of rotatable bonds is 2. The first-order chi connectivity index (χ1) is 6.58. The first-order valence-corrected chi connectivity index (χ1v) is 3.92. The molecule has 0 unspecified atom stereocenters. The summed E-state index contributed by atoms with van der Waals surface area (Å²) in [5.74, 6) is -1.37. The van der Waals surface area contributed by atoms with Crippen LogP contribution in [0.3, 0.4) is 0 Å².